The number of tetrazole rings is 1. The maximum Gasteiger partial charge on any atom is 0.270 e. The van der Waals surface area contributed by atoms with E-state index < -0.39 is 5.91 Å². The molecule has 0 fully saturated rings. The fourth-order valence-corrected chi connectivity index (χ4v) is 2.11. The van der Waals surface area contributed by atoms with Gasteiger partial charge in [0.2, 0.25) is 0 Å². The van der Waals surface area contributed by atoms with E-state index >= 15 is 0 Å². The quantitative estimate of drug-likeness (QED) is 0.656. The smallest absolute Gasteiger partial charge is 0.270 e. The highest BCUT2D eigenvalue weighted by Crippen LogP contribution is 2.20. The minimum atomic E-state index is -0.426. The Morgan fingerprint density at radius 2 is 2.08 bits per heavy atom. The molecule has 0 aliphatic rings. The van der Waals surface area contributed by atoms with Gasteiger partial charge in [-0.1, -0.05) is 30.3 Å². The van der Waals surface area contributed by atoms with Gasteiger partial charge in [-0.05, 0) is 22.6 Å². The third-order valence-corrected chi connectivity index (χ3v) is 3.18. The number of aliphatic hydroxyl groups excluding tert-OH is 1. The molecule has 2 heterocycles. The molecule has 0 spiro atoms. The van der Waals surface area contributed by atoms with Gasteiger partial charge in [0.15, 0.2) is 5.82 Å². The van der Waals surface area contributed by atoms with Crippen LogP contribution in [0.5, 0.6) is 0 Å². The molecule has 1 aromatic carbocycles. The SMILES string of the molecule is O=C(NCCO)/C(=C/c1ccco1)n1nnnc1-c1ccccc1. The third-order valence-electron chi connectivity index (χ3n) is 3.18. The van der Waals surface area contributed by atoms with Gasteiger partial charge >= 0.3 is 0 Å². The standard InChI is InChI=1S/C16H15N5O3/c22-9-8-17-16(23)14(11-13-7-4-10-24-13)21-15(18-19-20-21)12-5-2-1-3-6-12/h1-7,10-11,22H,8-9H2,(H,17,23)/b14-11-. The molecule has 8 heteroatoms. The first-order valence-electron chi connectivity index (χ1n) is 7.28. The monoisotopic (exact) mass is 325 g/mol. The zero-order valence-electron chi connectivity index (χ0n) is 12.7. The van der Waals surface area contributed by atoms with Crippen LogP contribution in [0, 0.1) is 0 Å². The van der Waals surface area contributed by atoms with Crippen LogP contribution in [0.25, 0.3) is 23.2 Å². The number of hydrogen-bond acceptors (Lipinski definition) is 6. The fraction of sp³-hybridized carbons (Fsp3) is 0.125. The largest absolute Gasteiger partial charge is 0.465 e. The average molecular weight is 325 g/mol. The molecule has 0 atom stereocenters. The molecule has 0 unspecified atom stereocenters. The molecule has 2 N–H and O–H groups in total. The lowest BCUT2D eigenvalue weighted by Crippen LogP contribution is -2.29. The second-order valence-electron chi connectivity index (χ2n) is 4.80. The molecule has 0 bridgehead atoms. The van der Waals surface area contributed by atoms with Crippen LogP contribution in [0.3, 0.4) is 0 Å². The lowest BCUT2D eigenvalue weighted by molar-refractivity contribution is -0.116. The number of benzene rings is 1. The summed E-state index contributed by atoms with van der Waals surface area (Å²) in [5, 5.41) is 23.1. The van der Waals surface area contributed by atoms with Crippen molar-refractivity contribution in [3.8, 4) is 11.4 Å². The molecule has 24 heavy (non-hydrogen) atoms. The summed E-state index contributed by atoms with van der Waals surface area (Å²) in [6, 6.07) is 12.7. The van der Waals surface area contributed by atoms with Gasteiger partial charge in [-0.25, -0.2) is 0 Å². The predicted octanol–water partition coefficient (Wildman–Crippen LogP) is 1.04. The zero-order valence-corrected chi connectivity index (χ0v) is 12.7. The molecule has 2 aromatic heterocycles. The maximum absolute atomic E-state index is 12.5. The van der Waals surface area contributed by atoms with E-state index in [-0.39, 0.29) is 18.8 Å². The summed E-state index contributed by atoms with van der Waals surface area (Å²) in [6.45, 7) is -0.0436. The number of rotatable bonds is 6. The van der Waals surface area contributed by atoms with E-state index in [1.54, 1.807) is 12.1 Å². The Labute approximate surface area is 137 Å². The summed E-state index contributed by atoms with van der Waals surface area (Å²) < 4.78 is 6.61. The highest BCUT2D eigenvalue weighted by molar-refractivity contribution is 6.18. The van der Waals surface area contributed by atoms with E-state index in [4.69, 9.17) is 9.52 Å². The molecule has 0 aliphatic heterocycles. The number of carbonyl (C=O) groups is 1. The number of hydrogen-bond donors (Lipinski definition) is 2. The molecule has 0 radical (unpaired) electrons. The Morgan fingerprint density at radius 1 is 1.25 bits per heavy atom. The van der Waals surface area contributed by atoms with Crippen LogP contribution in [-0.2, 0) is 4.79 Å². The second kappa shape index (κ2) is 7.34. The molecular formula is C16H15N5O3. The van der Waals surface area contributed by atoms with Crippen molar-refractivity contribution in [3.05, 3.63) is 54.5 Å². The van der Waals surface area contributed by atoms with Crippen molar-refractivity contribution >= 4 is 17.7 Å². The van der Waals surface area contributed by atoms with Crippen molar-refractivity contribution in [2.75, 3.05) is 13.2 Å². The van der Waals surface area contributed by atoms with Gasteiger partial charge in [0.1, 0.15) is 11.5 Å². The molecule has 0 aliphatic carbocycles. The fourth-order valence-electron chi connectivity index (χ4n) is 2.11. The van der Waals surface area contributed by atoms with Gasteiger partial charge in [0.05, 0.1) is 12.9 Å². The van der Waals surface area contributed by atoms with Gasteiger partial charge in [0, 0.05) is 18.2 Å². The third kappa shape index (κ3) is 3.39. The van der Waals surface area contributed by atoms with E-state index in [0.717, 1.165) is 5.56 Å². The van der Waals surface area contributed by atoms with Gasteiger partial charge in [-0.15, -0.1) is 5.10 Å². The summed E-state index contributed by atoms with van der Waals surface area (Å²) in [7, 11) is 0. The lowest BCUT2D eigenvalue weighted by atomic mass is 10.2. The number of nitrogens with zero attached hydrogens (tertiary/aromatic N) is 4. The Morgan fingerprint density at radius 3 is 2.79 bits per heavy atom. The van der Waals surface area contributed by atoms with E-state index in [2.05, 4.69) is 20.8 Å². The molecule has 122 valence electrons. The normalized spacial score (nSPS) is 11.5. The van der Waals surface area contributed by atoms with Gasteiger partial charge in [-0.2, -0.15) is 4.68 Å². The second-order valence-corrected chi connectivity index (χ2v) is 4.80. The van der Waals surface area contributed by atoms with Crippen molar-refractivity contribution in [2.24, 2.45) is 0 Å². The first-order valence-corrected chi connectivity index (χ1v) is 7.28. The molecular weight excluding hydrogens is 310 g/mol. The Balaban J connectivity index is 2.04. The van der Waals surface area contributed by atoms with Crippen LogP contribution < -0.4 is 5.32 Å². The van der Waals surface area contributed by atoms with E-state index in [0.29, 0.717) is 11.6 Å². The van der Waals surface area contributed by atoms with Crippen LogP contribution in [0.2, 0.25) is 0 Å². The highest BCUT2D eigenvalue weighted by Gasteiger charge is 2.19. The molecule has 3 rings (SSSR count). The predicted molar refractivity (Wildman–Crippen MR) is 86.2 cm³/mol. The molecule has 0 saturated carbocycles. The summed E-state index contributed by atoms with van der Waals surface area (Å²) in [6.07, 6.45) is 3.04. The van der Waals surface area contributed by atoms with Gasteiger partial charge < -0.3 is 14.8 Å². The Kier molecular flexibility index (Phi) is 4.78. The van der Waals surface area contributed by atoms with Gasteiger partial charge in [0.25, 0.3) is 5.91 Å². The number of aliphatic hydroxyl groups is 1. The van der Waals surface area contributed by atoms with Crippen molar-refractivity contribution in [3.63, 3.8) is 0 Å². The highest BCUT2D eigenvalue weighted by atomic mass is 16.3. The average Bonchev–Trinajstić information content (AvgIpc) is 3.29. The summed E-state index contributed by atoms with van der Waals surface area (Å²) in [4.78, 5) is 12.5. The van der Waals surface area contributed by atoms with Crippen LogP contribution in [0.15, 0.2) is 53.1 Å². The molecule has 1 amide bonds. The minimum Gasteiger partial charge on any atom is -0.465 e. The first kappa shape index (κ1) is 15.6. The number of nitrogens with one attached hydrogen (secondary N) is 1. The number of amides is 1. The lowest BCUT2D eigenvalue weighted by Gasteiger charge is -2.09. The van der Waals surface area contributed by atoms with Crippen molar-refractivity contribution < 1.29 is 14.3 Å². The molecule has 8 nitrogen and oxygen atoms in total. The summed E-state index contributed by atoms with van der Waals surface area (Å²) in [5.74, 6) is 0.483. The Hall–Kier alpha value is -3.26. The maximum atomic E-state index is 12.5. The Bertz CT molecular complexity index is 825. The summed E-state index contributed by atoms with van der Waals surface area (Å²) >= 11 is 0. The number of furan rings is 1. The number of carbonyl (C=O) groups excluding carboxylic acids is 1. The van der Waals surface area contributed by atoms with Crippen LogP contribution in [0.4, 0.5) is 0 Å². The van der Waals surface area contributed by atoms with Gasteiger partial charge in [-0.3, -0.25) is 4.79 Å². The number of aromatic nitrogens is 4. The van der Waals surface area contributed by atoms with E-state index in [9.17, 15) is 4.79 Å². The van der Waals surface area contributed by atoms with Crippen LogP contribution in [0.1, 0.15) is 5.76 Å². The van der Waals surface area contributed by atoms with Crippen LogP contribution in [-0.4, -0.2) is 44.4 Å². The van der Waals surface area contributed by atoms with Crippen molar-refractivity contribution in [2.45, 2.75) is 0 Å². The zero-order chi connectivity index (χ0) is 16.8. The topological polar surface area (TPSA) is 106 Å². The van der Waals surface area contributed by atoms with Crippen molar-refractivity contribution in [1.29, 1.82) is 0 Å². The minimum absolute atomic E-state index is 0.122. The van der Waals surface area contributed by atoms with E-state index in [1.807, 2.05) is 30.3 Å². The summed E-state index contributed by atoms with van der Waals surface area (Å²) in [5.41, 5.74) is 0.949. The molecule has 0 saturated heterocycles. The molecule has 3 aromatic rings. The van der Waals surface area contributed by atoms with Crippen molar-refractivity contribution in [1.82, 2.24) is 25.5 Å². The van der Waals surface area contributed by atoms with Crippen LogP contribution >= 0.6 is 0 Å². The first-order chi connectivity index (χ1) is 11.8. The van der Waals surface area contributed by atoms with E-state index in [1.165, 1.54) is 17.0 Å².